The lowest BCUT2D eigenvalue weighted by Gasteiger charge is -2.16. The number of sulfonamides is 1. The van der Waals surface area contributed by atoms with Crippen molar-refractivity contribution in [2.24, 2.45) is 0 Å². The molecule has 0 bridgehead atoms. The lowest BCUT2D eigenvalue weighted by molar-refractivity contribution is -0.116. The number of thiazole rings is 1. The van der Waals surface area contributed by atoms with E-state index in [4.69, 9.17) is 0 Å². The van der Waals surface area contributed by atoms with Gasteiger partial charge in [0, 0.05) is 12.6 Å². The van der Waals surface area contributed by atoms with Gasteiger partial charge in [-0.05, 0) is 31.2 Å². The first kappa shape index (κ1) is 19.4. The highest BCUT2D eigenvalue weighted by Gasteiger charge is 2.20. The third-order valence-electron chi connectivity index (χ3n) is 3.35. The van der Waals surface area contributed by atoms with Crippen LogP contribution in [0.4, 0.5) is 5.13 Å². The molecule has 0 aliphatic carbocycles. The molecule has 136 valence electrons. The molecular weight excluding hydrogens is 364 g/mol. The second kappa shape index (κ2) is 8.48. The summed E-state index contributed by atoms with van der Waals surface area (Å²) in [5.41, 5.74) is 1.19. The molecule has 0 saturated carbocycles. The Morgan fingerprint density at radius 1 is 1.40 bits per heavy atom. The molecule has 8 nitrogen and oxygen atoms in total. The maximum Gasteiger partial charge on any atom is 0.241 e. The van der Waals surface area contributed by atoms with Gasteiger partial charge in [0.25, 0.3) is 0 Å². The summed E-state index contributed by atoms with van der Waals surface area (Å²) in [5.74, 6) is -0.684. The quantitative estimate of drug-likeness (QED) is 0.498. The first-order valence-corrected chi connectivity index (χ1v) is 10.1. The van der Waals surface area contributed by atoms with E-state index >= 15 is 0 Å². The monoisotopic (exact) mass is 384 g/mol. The van der Waals surface area contributed by atoms with Crippen molar-refractivity contribution in [1.29, 1.82) is 0 Å². The molecule has 1 heterocycles. The van der Waals surface area contributed by atoms with Gasteiger partial charge in [0.1, 0.15) is 12.2 Å². The van der Waals surface area contributed by atoms with Crippen molar-refractivity contribution in [3.63, 3.8) is 0 Å². The zero-order chi connectivity index (χ0) is 18.4. The highest BCUT2D eigenvalue weighted by molar-refractivity contribution is 7.89. The number of likely N-dealkylation sites (N-methyl/N-ethyl adjacent to an activating group) is 1. The van der Waals surface area contributed by atoms with Crippen LogP contribution in [0.15, 0.2) is 18.2 Å². The van der Waals surface area contributed by atoms with Crippen molar-refractivity contribution in [2.75, 3.05) is 31.3 Å². The molecule has 25 heavy (non-hydrogen) atoms. The lowest BCUT2D eigenvalue weighted by Crippen LogP contribution is -2.39. The Morgan fingerprint density at radius 2 is 2.16 bits per heavy atom. The summed E-state index contributed by atoms with van der Waals surface area (Å²) in [4.78, 5) is 27.1. The second-order valence-electron chi connectivity index (χ2n) is 5.42. The van der Waals surface area contributed by atoms with Crippen LogP contribution in [0.5, 0.6) is 0 Å². The Labute approximate surface area is 150 Å². The van der Waals surface area contributed by atoms with E-state index in [0.717, 1.165) is 21.7 Å². The van der Waals surface area contributed by atoms with E-state index in [1.165, 1.54) is 18.4 Å². The number of aldehydes is 1. The number of fused-ring (bicyclic) bond motifs is 1. The van der Waals surface area contributed by atoms with E-state index in [-0.39, 0.29) is 12.4 Å². The van der Waals surface area contributed by atoms with E-state index in [9.17, 15) is 18.0 Å². The zero-order valence-electron chi connectivity index (χ0n) is 14.0. The van der Waals surface area contributed by atoms with Crippen LogP contribution in [0.25, 0.3) is 10.2 Å². The minimum absolute atomic E-state index is 0.208. The predicted octanol–water partition coefficient (Wildman–Crippen LogP) is 1.27. The Morgan fingerprint density at radius 3 is 2.84 bits per heavy atom. The summed E-state index contributed by atoms with van der Waals surface area (Å²) in [7, 11) is -2.19. The maximum absolute atomic E-state index is 12.1. The number of hydrogen-bond donors (Lipinski definition) is 2. The van der Waals surface area contributed by atoms with Crippen LogP contribution in [-0.4, -0.2) is 55.9 Å². The minimum atomic E-state index is -3.55. The van der Waals surface area contributed by atoms with Crippen LogP contribution in [0, 0.1) is 0 Å². The lowest BCUT2D eigenvalue weighted by atomic mass is 10.2. The Kier molecular flexibility index (Phi) is 6.59. The van der Waals surface area contributed by atoms with Crippen LogP contribution in [-0.2, 0) is 14.8 Å². The van der Waals surface area contributed by atoms with Gasteiger partial charge in [-0.25, -0.2) is 13.4 Å². The topological polar surface area (TPSA) is 108 Å². The van der Waals surface area contributed by atoms with E-state index in [1.807, 2.05) is 6.92 Å². The predicted molar refractivity (Wildman–Crippen MR) is 98.3 cm³/mol. The van der Waals surface area contributed by atoms with Gasteiger partial charge in [0.2, 0.25) is 15.9 Å². The van der Waals surface area contributed by atoms with Crippen LogP contribution in [0.3, 0.4) is 0 Å². The van der Waals surface area contributed by atoms with Gasteiger partial charge in [0.15, 0.2) is 5.13 Å². The summed E-state index contributed by atoms with van der Waals surface area (Å²) in [5, 5.41) is 5.76. The van der Waals surface area contributed by atoms with Crippen molar-refractivity contribution in [1.82, 2.24) is 14.6 Å². The van der Waals surface area contributed by atoms with Crippen LogP contribution in [0.1, 0.15) is 23.7 Å². The summed E-state index contributed by atoms with van der Waals surface area (Å²) in [6, 6.07) is 5.02. The molecule has 0 aliphatic heterocycles. The fraction of sp³-hybridized carbons (Fsp3) is 0.400. The van der Waals surface area contributed by atoms with Crippen LogP contribution in [0.2, 0.25) is 0 Å². The third-order valence-corrected chi connectivity index (χ3v) is 5.93. The molecule has 0 aliphatic rings. The van der Waals surface area contributed by atoms with Crippen molar-refractivity contribution in [2.45, 2.75) is 13.3 Å². The second-order valence-corrected chi connectivity index (χ2v) is 8.53. The highest BCUT2D eigenvalue weighted by Crippen LogP contribution is 2.26. The largest absolute Gasteiger partial charge is 0.303 e. The van der Waals surface area contributed by atoms with E-state index < -0.39 is 15.9 Å². The Balaban J connectivity index is 1.98. The molecule has 2 rings (SSSR count). The highest BCUT2D eigenvalue weighted by atomic mass is 32.2. The Bertz CT molecular complexity index is 864. The summed E-state index contributed by atoms with van der Waals surface area (Å²) in [6.07, 6.45) is 1.56. The number of carbonyl (C=O) groups is 2. The summed E-state index contributed by atoms with van der Waals surface area (Å²) in [6.45, 7) is 2.23. The zero-order valence-corrected chi connectivity index (χ0v) is 15.6. The number of carbonyl (C=O) groups excluding carboxylic acids is 2. The normalized spacial score (nSPS) is 11.8. The molecule has 0 radical (unpaired) electrons. The van der Waals surface area contributed by atoms with Crippen LogP contribution < -0.4 is 10.6 Å². The number of anilines is 1. The molecule has 1 aromatic heterocycles. The summed E-state index contributed by atoms with van der Waals surface area (Å²) >= 11 is 1.22. The molecular formula is C15H20N4O4S2. The average molecular weight is 384 g/mol. The van der Waals surface area contributed by atoms with Gasteiger partial charge >= 0.3 is 0 Å². The molecule has 1 aromatic carbocycles. The van der Waals surface area contributed by atoms with E-state index in [1.54, 1.807) is 18.2 Å². The molecule has 0 atom stereocenters. The Hall–Kier alpha value is -1.88. The van der Waals surface area contributed by atoms with E-state index in [0.29, 0.717) is 22.8 Å². The standard InChI is InChI=1S/C15H20N4O4S2/c1-3-6-16-10-25(22,23)19(2)8-14(21)18-15-17-12-5-4-11(9-20)7-13(12)24-15/h4-5,7,9,16H,3,6,8,10H2,1-2H3,(H,17,18,21). The van der Waals surface area contributed by atoms with Crippen molar-refractivity contribution >= 4 is 48.9 Å². The number of rotatable bonds is 9. The molecule has 2 aromatic rings. The smallest absolute Gasteiger partial charge is 0.241 e. The SMILES string of the molecule is CCCNCS(=O)(=O)N(C)CC(=O)Nc1nc2ccc(C=O)cc2s1. The van der Waals surface area contributed by atoms with Crippen molar-refractivity contribution in [3.05, 3.63) is 23.8 Å². The summed E-state index contributed by atoms with van der Waals surface area (Å²) < 4.78 is 25.9. The van der Waals surface area contributed by atoms with E-state index in [2.05, 4.69) is 15.6 Å². The number of amides is 1. The molecule has 0 saturated heterocycles. The fourth-order valence-electron chi connectivity index (χ4n) is 2.02. The van der Waals surface area contributed by atoms with Gasteiger partial charge < -0.3 is 10.6 Å². The molecule has 0 fully saturated rings. The third kappa shape index (κ3) is 5.30. The van der Waals surface area contributed by atoms with Gasteiger partial charge in [-0.3, -0.25) is 9.59 Å². The number of benzene rings is 1. The number of nitrogens with one attached hydrogen (secondary N) is 2. The number of aromatic nitrogens is 1. The van der Waals surface area contributed by atoms with Gasteiger partial charge in [-0.1, -0.05) is 18.3 Å². The molecule has 0 spiro atoms. The molecule has 2 N–H and O–H groups in total. The van der Waals surface area contributed by atoms with Gasteiger partial charge in [0.05, 0.1) is 16.8 Å². The average Bonchev–Trinajstić information content (AvgIpc) is 2.95. The number of hydrogen-bond acceptors (Lipinski definition) is 7. The van der Waals surface area contributed by atoms with Crippen molar-refractivity contribution < 1.29 is 18.0 Å². The van der Waals surface area contributed by atoms with Gasteiger partial charge in [-0.15, -0.1) is 0 Å². The minimum Gasteiger partial charge on any atom is -0.303 e. The number of nitrogens with zero attached hydrogens (tertiary/aromatic N) is 2. The first-order chi connectivity index (χ1) is 11.9. The van der Waals surface area contributed by atoms with Gasteiger partial charge in [-0.2, -0.15) is 4.31 Å². The van der Waals surface area contributed by atoms with Crippen LogP contribution >= 0.6 is 11.3 Å². The van der Waals surface area contributed by atoms with Crippen molar-refractivity contribution in [3.8, 4) is 0 Å². The maximum atomic E-state index is 12.1. The molecule has 10 heteroatoms. The molecule has 1 amide bonds. The molecule has 0 unspecified atom stereocenters. The first-order valence-electron chi connectivity index (χ1n) is 7.66. The fourth-order valence-corrected chi connectivity index (χ4v) is 3.88.